The van der Waals surface area contributed by atoms with Crippen LogP contribution in [0, 0.1) is 0 Å². The van der Waals surface area contributed by atoms with Gasteiger partial charge in [-0.25, -0.2) is 0 Å². The standard InChI is InChI=1S/C9H10BF3N/c1-2-8-4-6-14-9(7-8)3-5-10(11,12)13/h3-7H,2H2,1H3/q-1/b5-3+. The Balaban J connectivity index is 2.82. The predicted molar refractivity (Wildman–Crippen MR) is 51.7 cm³/mol. The summed E-state index contributed by atoms with van der Waals surface area (Å²) in [4.78, 5) is 3.81. The van der Waals surface area contributed by atoms with Crippen molar-refractivity contribution in [3.05, 3.63) is 35.6 Å². The van der Waals surface area contributed by atoms with Crippen LogP contribution in [0.5, 0.6) is 0 Å². The lowest BCUT2D eigenvalue weighted by Gasteiger charge is -2.06. The molecule has 0 unspecified atom stereocenters. The van der Waals surface area contributed by atoms with E-state index in [9.17, 15) is 12.9 Å². The Morgan fingerprint density at radius 1 is 1.43 bits per heavy atom. The molecule has 0 aliphatic rings. The van der Waals surface area contributed by atoms with E-state index in [1.807, 2.05) is 6.92 Å². The Hall–Kier alpha value is -1.26. The molecule has 0 aliphatic carbocycles. The van der Waals surface area contributed by atoms with E-state index in [0.29, 0.717) is 5.69 Å². The zero-order chi connectivity index (χ0) is 10.6. The third-order valence-corrected chi connectivity index (χ3v) is 1.74. The smallest absolute Gasteiger partial charge is 0.445 e. The van der Waals surface area contributed by atoms with Crippen LogP contribution in [0.25, 0.3) is 6.08 Å². The summed E-state index contributed by atoms with van der Waals surface area (Å²) in [5.74, 6) is 0.252. The van der Waals surface area contributed by atoms with Gasteiger partial charge in [0.2, 0.25) is 0 Å². The van der Waals surface area contributed by atoms with Gasteiger partial charge in [-0.3, -0.25) is 4.98 Å². The number of halogens is 3. The van der Waals surface area contributed by atoms with Crippen LogP contribution in [-0.4, -0.2) is 12.0 Å². The molecule has 0 bridgehead atoms. The molecule has 0 fully saturated rings. The van der Waals surface area contributed by atoms with Gasteiger partial charge in [0, 0.05) is 6.20 Å². The molecule has 0 aliphatic heterocycles. The van der Waals surface area contributed by atoms with Gasteiger partial charge in [0.15, 0.2) is 0 Å². The maximum absolute atomic E-state index is 11.9. The molecule has 1 aromatic rings. The summed E-state index contributed by atoms with van der Waals surface area (Å²) in [5.41, 5.74) is 1.33. The maximum Gasteiger partial charge on any atom is 0.502 e. The number of aromatic nitrogens is 1. The van der Waals surface area contributed by atoms with Crippen molar-refractivity contribution in [2.45, 2.75) is 13.3 Å². The van der Waals surface area contributed by atoms with Crippen molar-refractivity contribution in [3.63, 3.8) is 0 Å². The molecule has 14 heavy (non-hydrogen) atoms. The molecule has 0 radical (unpaired) electrons. The van der Waals surface area contributed by atoms with Crippen LogP contribution in [0.2, 0.25) is 0 Å². The highest BCUT2D eigenvalue weighted by molar-refractivity contribution is 6.64. The lowest BCUT2D eigenvalue weighted by Crippen LogP contribution is -2.09. The second-order valence-corrected chi connectivity index (χ2v) is 2.93. The summed E-state index contributed by atoms with van der Waals surface area (Å²) in [5, 5.41) is 0. The van der Waals surface area contributed by atoms with E-state index in [4.69, 9.17) is 0 Å². The molecule has 1 aromatic heterocycles. The first-order valence-electron chi connectivity index (χ1n) is 4.35. The summed E-state index contributed by atoms with van der Waals surface area (Å²) in [6.45, 7) is -2.92. The summed E-state index contributed by atoms with van der Waals surface area (Å²) < 4.78 is 35.6. The summed E-state index contributed by atoms with van der Waals surface area (Å²) in [7, 11) is 0. The third-order valence-electron chi connectivity index (χ3n) is 1.74. The van der Waals surface area contributed by atoms with Gasteiger partial charge >= 0.3 is 6.98 Å². The molecule has 1 nitrogen and oxygen atoms in total. The van der Waals surface area contributed by atoms with Crippen molar-refractivity contribution < 1.29 is 12.9 Å². The zero-order valence-corrected chi connectivity index (χ0v) is 7.75. The van der Waals surface area contributed by atoms with Gasteiger partial charge < -0.3 is 12.9 Å². The minimum Gasteiger partial charge on any atom is -0.445 e. The van der Waals surface area contributed by atoms with Crippen molar-refractivity contribution in [1.82, 2.24) is 4.98 Å². The van der Waals surface area contributed by atoms with Gasteiger partial charge in [0.25, 0.3) is 0 Å². The molecule has 76 valence electrons. The van der Waals surface area contributed by atoms with Crippen LogP contribution >= 0.6 is 0 Å². The summed E-state index contributed by atoms with van der Waals surface area (Å²) in [6, 6.07) is 3.44. The first-order valence-corrected chi connectivity index (χ1v) is 4.35. The van der Waals surface area contributed by atoms with Crippen LogP contribution in [0.3, 0.4) is 0 Å². The number of pyridine rings is 1. The van der Waals surface area contributed by atoms with Gasteiger partial charge in [0.1, 0.15) is 0 Å². The summed E-state index contributed by atoms with van der Waals surface area (Å²) in [6.07, 6.45) is 3.31. The largest absolute Gasteiger partial charge is 0.502 e. The number of hydrogen-bond donors (Lipinski definition) is 0. The van der Waals surface area contributed by atoms with Crippen LogP contribution in [0.1, 0.15) is 18.2 Å². The van der Waals surface area contributed by atoms with E-state index in [-0.39, 0.29) is 5.98 Å². The lowest BCUT2D eigenvalue weighted by molar-refractivity contribution is 0.499. The van der Waals surface area contributed by atoms with Crippen molar-refractivity contribution >= 4 is 13.1 Å². The average molecular weight is 200 g/mol. The fourth-order valence-corrected chi connectivity index (χ4v) is 1.01. The Labute approximate surface area is 80.7 Å². The Morgan fingerprint density at radius 2 is 2.14 bits per heavy atom. The molecule has 0 saturated heterocycles. The zero-order valence-electron chi connectivity index (χ0n) is 7.75. The van der Waals surface area contributed by atoms with Crippen molar-refractivity contribution in [2.75, 3.05) is 0 Å². The average Bonchev–Trinajstić information content (AvgIpc) is 2.14. The lowest BCUT2D eigenvalue weighted by atomic mass is 9.91. The second-order valence-electron chi connectivity index (χ2n) is 2.93. The molecule has 0 atom stereocenters. The highest BCUT2D eigenvalue weighted by atomic mass is 19.4. The van der Waals surface area contributed by atoms with Crippen molar-refractivity contribution in [2.24, 2.45) is 0 Å². The summed E-state index contributed by atoms with van der Waals surface area (Å²) >= 11 is 0. The fourth-order valence-electron chi connectivity index (χ4n) is 1.01. The molecule has 0 aromatic carbocycles. The third kappa shape index (κ3) is 3.64. The van der Waals surface area contributed by atoms with E-state index in [1.165, 1.54) is 6.20 Å². The Morgan fingerprint density at radius 3 is 2.71 bits per heavy atom. The number of nitrogens with zero attached hydrogens (tertiary/aromatic N) is 1. The van der Waals surface area contributed by atoms with Gasteiger partial charge in [0.05, 0.1) is 5.69 Å². The molecule has 1 heterocycles. The van der Waals surface area contributed by atoms with Crippen LogP contribution in [0.15, 0.2) is 24.3 Å². The SMILES string of the molecule is CCc1ccnc(/C=C/[B-](F)(F)F)c1. The molecule has 0 N–H and O–H groups in total. The molecule has 0 spiro atoms. The van der Waals surface area contributed by atoms with E-state index in [1.54, 1.807) is 12.1 Å². The first kappa shape index (κ1) is 10.8. The Kier molecular flexibility index (Phi) is 3.33. The fraction of sp³-hybridized carbons (Fsp3) is 0.222. The molecule has 0 saturated carbocycles. The van der Waals surface area contributed by atoms with Crippen LogP contribution in [0.4, 0.5) is 12.9 Å². The molecular weight excluding hydrogens is 190 g/mol. The normalized spacial score (nSPS) is 12.3. The molecule has 0 amide bonds. The van der Waals surface area contributed by atoms with Crippen molar-refractivity contribution in [3.8, 4) is 0 Å². The molecular formula is C9H10BF3N-. The second kappa shape index (κ2) is 4.31. The van der Waals surface area contributed by atoms with Gasteiger partial charge in [-0.15, -0.1) is 5.98 Å². The first-order chi connectivity index (χ1) is 6.51. The van der Waals surface area contributed by atoms with Crippen LogP contribution < -0.4 is 0 Å². The predicted octanol–water partition coefficient (Wildman–Crippen LogP) is 3.04. The highest BCUT2D eigenvalue weighted by Gasteiger charge is 2.16. The number of rotatable bonds is 3. The maximum atomic E-state index is 11.9. The Bertz CT molecular complexity index is 333. The number of hydrogen-bond acceptors (Lipinski definition) is 1. The van der Waals surface area contributed by atoms with Gasteiger partial charge in [-0.2, -0.15) is 0 Å². The van der Waals surface area contributed by atoms with Crippen LogP contribution in [-0.2, 0) is 6.42 Å². The monoisotopic (exact) mass is 200 g/mol. The van der Waals surface area contributed by atoms with Crippen molar-refractivity contribution in [1.29, 1.82) is 0 Å². The van der Waals surface area contributed by atoms with E-state index in [0.717, 1.165) is 18.1 Å². The van der Waals surface area contributed by atoms with Gasteiger partial charge in [-0.1, -0.05) is 13.0 Å². The molecule has 5 heteroatoms. The quantitative estimate of drug-likeness (QED) is 0.683. The van der Waals surface area contributed by atoms with E-state index in [2.05, 4.69) is 4.98 Å². The minimum absolute atomic E-state index is 0.252. The minimum atomic E-state index is -4.87. The number of aryl methyl sites for hydroxylation is 1. The van der Waals surface area contributed by atoms with E-state index >= 15 is 0 Å². The molecule has 1 rings (SSSR count). The topological polar surface area (TPSA) is 12.9 Å². The highest BCUT2D eigenvalue weighted by Crippen LogP contribution is 2.12. The van der Waals surface area contributed by atoms with E-state index < -0.39 is 6.98 Å². The van der Waals surface area contributed by atoms with Gasteiger partial charge in [-0.05, 0) is 24.1 Å².